The van der Waals surface area contributed by atoms with Crippen LogP contribution in [0.5, 0.6) is 0 Å². The molecule has 0 radical (unpaired) electrons. The Kier molecular flexibility index (Phi) is 4.32. The Labute approximate surface area is 137 Å². The van der Waals surface area contributed by atoms with Crippen molar-refractivity contribution in [3.05, 3.63) is 66.1 Å². The number of sulfonamides is 1. The van der Waals surface area contributed by atoms with Crippen LogP contribution in [0.4, 0.5) is 4.39 Å². The highest BCUT2D eigenvalue weighted by Gasteiger charge is 2.16. The lowest BCUT2D eigenvalue weighted by molar-refractivity contribution is -0.120. The standard InChI is InChI=1S/C16H14FN3O3S/c17-12-5-7-13(8-6-12)24(22,23)20-19-16(21)9-11-10-18-15-4-2-1-3-14(11)15/h1-8,10,18,20H,9H2,(H,19,21). The lowest BCUT2D eigenvalue weighted by Crippen LogP contribution is -2.42. The van der Waals surface area contributed by atoms with Crippen molar-refractivity contribution in [2.24, 2.45) is 0 Å². The van der Waals surface area contributed by atoms with E-state index in [4.69, 9.17) is 0 Å². The smallest absolute Gasteiger partial charge is 0.257 e. The van der Waals surface area contributed by atoms with Crippen LogP contribution in [0, 0.1) is 5.82 Å². The Bertz CT molecular complexity index is 981. The van der Waals surface area contributed by atoms with Gasteiger partial charge in [0, 0.05) is 17.1 Å². The summed E-state index contributed by atoms with van der Waals surface area (Å²) in [7, 11) is -3.95. The van der Waals surface area contributed by atoms with Gasteiger partial charge < -0.3 is 4.98 Å². The van der Waals surface area contributed by atoms with E-state index in [-0.39, 0.29) is 11.3 Å². The maximum absolute atomic E-state index is 12.8. The molecule has 2 aromatic carbocycles. The van der Waals surface area contributed by atoms with E-state index in [1.54, 1.807) is 6.20 Å². The van der Waals surface area contributed by atoms with Crippen LogP contribution >= 0.6 is 0 Å². The summed E-state index contributed by atoms with van der Waals surface area (Å²) >= 11 is 0. The fourth-order valence-corrected chi connectivity index (χ4v) is 3.15. The molecular weight excluding hydrogens is 333 g/mol. The number of hydrogen-bond donors (Lipinski definition) is 3. The number of benzene rings is 2. The van der Waals surface area contributed by atoms with Crippen molar-refractivity contribution in [1.29, 1.82) is 0 Å². The molecule has 3 rings (SSSR count). The highest BCUT2D eigenvalue weighted by molar-refractivity contribution is 7.89. The van der Waals surface area contributed by atoms with Crippen molar-refractivity contribution >= 4 is 26.8 Å². The highest BCUT2D eigenvalue weighted by Crippen LogP contribution is 2.18. The topological polar surface area (TPSA) is 91.1 Å². The zero-order valence-electron chi connectivity index (χ0n) is 12.4. The van der Waals surface area contributed by atoms with E-state index in [0.29, 0.717) is 0 Å². The second-order valence-electron chi connectivity index (χ2n) is 5.14. The van der Waals surface area contributed by atoms with E-state index < -0.39 is 21.7 Å². The molecule has 24 heavy (non-hydrogen) atoms. The van der Waals surface area contributed by atoms with Crippen LogP contribution in [0.25, 0.3) is 10.9 Å². The average Bonchev–Trinajstić information content (AvgIpc) is 2.97. The van der Waals surface area contributed by atoms with Gasteiger partial charge in [0.1, 0.15) is 5.82 Å². The van der Waals surface area contributed by atoms with Gasteiger partial charge in [-0.1, -0.05) is 18.2 Å². The maximum Gasteiger partial charge on any atom is 0.257 e. The van der Waals surface area contributed by atoms with E-state index in [2.05, 4.69) is 10.4 Å². The second-order valence-corrected chi connectivity index (χ2v) is 6.83. The number of H-pyrrole nitrogens is 1. The summed E-state index contributed by atoms with van der Waals surface area (Å²) in [5, 5.41) is 0.897. The number of para-hydroxylation sites is 1. The molecule has 6 nitrogen and oxygen atoms in total. The summed E-state index contributed by atoms with van der Waals surface area (Å²) in [4.78, 5) is 16.9. The average molecular weight is 347 g/mol. The summed E-state index contributed by atoms with van der Waals surface area (Å²) in [5.41, 5.74) is 3.80. The van der Waals surface area contributed by atoms with E-state index in [9.17, 15) is 17.6 Å². The SMILES string of the molecule is O=C(Cc1c[nH]c2ccccc12)NNS(=O)(=O)c1ccc(F)cc1. The second kappa shape index (κ2) is 6.42. The van der Waals surface area contributed by atoms with Crippen LogP contribution in [-0.2, 0) is 21.2 Å². The molecule has 0 bridgehead atoms. The summed E-state index contributed by atoms with van der Waals surface area (Å²) in [6.07, 6.45) is 1.72. The van der Waals surface area contributed by atoms with Crippen molar-refractivity contribution in [1.82, 2.24) is 15.2 Å². The lowest BCUT2D eigenvalue weighted by atomic mass is 10.1. The van der Waals surface area contributed by atoms with Crippen LogP contribution in [0.3, 0.4) is 0 Å². The van der Waals surface area contributed by atoms with Crippen LogP contribution in [0.2, 0.25) is 0 Å². The number of rotatable bonds is 5. The zero-order valence-corrected chi connectivity index (χ0v) is 13.2. The van der Waals surface area contributed by atoms with E-state index in [1.165, 1.54) is 0 Å². The van der Waals surface area contributed by atoms with Gasteiger partial charge in [0.2, 0.25) is 5.91 Å². The zero-order chi connectivity index (χ0) is 17.2. The van der Waals surface area contributed by atoms with Crippen molar-refractivity contribution in [3.8, 4) is 0 Å². The largest absolute Gasteiger partial charge is 0.361 e. The van der Waals surface area contributed by atoms with Crippen LogP contribution in [-0.4, -0.2) is 19.3 Å². The number of carbonyl (C=O) groups is 1. The molecular formula is C16H14FN3O3S. The lowest BCUT2D eigenvalue weighted by Gasteiger charge is -2.08. The molecule has 0 unspecified atom stereocenters. The third-order valence-corrected chi connectivity index (χ3v) is 4.74. The molecule has 0 saturated heterocycles. The molecule has 0 aliphatic carbocycles. The molecule has 124 valence electrons. The minimum atomic E-state index is -3.95. The summed E-state index contributed by atoms with van der Waals surface area (Å²) in [6.45, 7) is 0. The predicted molar refractivity (Wildman–Crippen MR) is 86.9 cm³/mol. The summed E-state index contributed by atoms with van der Waals surface area (Å²) in [5.74, 6) is -1.05. The van der Waals surface area contributed by atoms with Gasteiger partial charge in [-0.2, -0.15) is 0 Å². The first kappa shape index (κ1) is 16.2. The van der Waals surface area contributed by atoms with Gasteiger partial charge in [-0.25, -0.2) is 12.8 Å². The third-order valence-electron chi connectivity index (χ3n) is 3.47. The first-order valence-electron chi connectivity index (χ1n) is 7.07. The number of aromatic amines is 1. The summed E-state index contributed by atoms with van der Waals surface area (Å²) in [6, 6.07) is 11.8. The van der Waals surface area contributed by atoms with Crippen molar-refractivity contribution in [2.75, 3.05) is 0 Å². The Morgan fingerprint density at radius 3 is 2.54 bits per heavy atom. The first-order valence-corrected chi connectivity index (χ1v) is 8.55. The fourth-order valence-electron chi connectivity index (χ4n) is 2.29. The van der Waals surface area contributed by atoms with Crippen molar-refractivity contribution in [3.63, 3.8) is 0 Å². The number of amides is 1. The number of aromatic nitrogens is 1. The molecule has 0 spiro atoms. The number of hydrogen-bond acceptors (Lipinski definition) is 3. The van der Waals surface area contributed by atoms with Gasteiger partial charge in [0.15, 0.2) is 0 Å². The van der Waals surface area contributed by atoms with Crippen LogP contribution < -0.4 is 10.3 Å². The minimum Gasteiger partial charge on any atom is -0.361 e. The number of halogens is 1. The first-order chi connectivity index (χ1) is 11.5. The van der Waals surface area contributed by atoms with Gasteiger partial charge in [0.25, 0.3) is 10.0 Å². The Hall–Kier alpha value is -2.71. The Morgan fingerprint density at radius 1 is 1.08 bits per heavy atom. The quantitative estimate of drug-likeness (QED) is 0.615. The number of nitrogens with one attached hydrogen (secondary N) is 3. The van der Waals surface area contributed by atoms with Crippen LogP contribution in [0.15, 0.2) is 59.6 Å². The molecule has 0 atom stereocenters. The highest BCUT2D eigenvalue weighted by atomic mass is 32.2. The van der Waals surface area contributed by atoms with Gasteiger partial charge in [0.05, 0.1) is 11.3 Å². The molecule has 0 aliphatic heterocycles. The molecule has 3 N–H and O–H groups in total. The molecule has 8 heteroatoms. The Balaban J connectivity index is 1.66. The Morgan fingerprint density at radius 2 is 1.79 bits per heavy atom. The van der Waals surface area contributed by atoms with E-state index in [0.717, 1.165) is 40.7 Å². The molecule has 1 aromatic heterocycles. The van der Waals surface area contributed by atoms with Gasteiger partial charge in [-0.3, -0.25) is 10.2 Å². The van der Waals surface area contributed by atoms with Gasteiger partial charge in [-0.05, 0) is 35.9 Å². The molecule has 0 saturated carbocycles. The molecule has 1 amide bonds. The number of fused-ring (bicyclic) bond motifs is 1. The number of carbonyl (C=O) groups excluding carboxylic acids is 1. The van der Waals surface area contributed by atoms with Crippen molar-refractivity contribution in [2.45, 2.75) is 11.3 Å². The fraction of sp³-hybridized carbons (Fsp3) is 0.0625. The predicted octanol–water partition coefficient (Wildman–Crippen LogP) is 1.86. The van der Waals surface area contributed by atoms with E-state index in [1.807, 2.05) is 29.1 Å². The molecule has 0 fully saturated rings. The normalized spacial score (nSPS) is 11.5. The number of hydrazine groups is 1. The van der Waals surface area contributed by atoms with Gasteiger partial charge >= 0.3 is 0 Å². The monoisotopic (exact) mass is 347 g/mol. The summed E-state index contributed by atoms with van der Waals surface area (Å²) < 4.78 is 36.9. The van der Waals surface area contributed by atoms with Gasteiger partial charge in [-0.15, -0.1) is 4.83 Å². The third kappa shape index (κ3) is 3.44. The van der Waals surface area contributed by atoms with Crippen LogP contribution in [0.1, 0.15) is 5.56 Å². The molecule has 0 aliphatic rings. The maximum atomic E-state index is 12.8. The minimum absolute atomic E-state index is 0.00987. The molecule has 1 heterocycles. The van der Waals surface area contributed by atoms with E-state index >= 15 is 0 Å². The van der Waals surface area contributed by atoms with Crippen molar-refractivity contribution < 1.29 is 17.6 Å². The molecule has 3 aromatic rings.